The second-order valence-electron chi connectivity index (χ2n) is 6.99. The third kappa shape index (κ3) is 6.93. The summed E-state index contributed by atoms with van der Waals surface area (Å²) in [5, 5.41) is 18.9. The van der Waals surface area contributed by atoms with Gasteiger partial charge in [0, 0.05) is 44.0 Å². The summed E-state index contributed by atoms with van der Waals surface area (Å²) in [6, 6.07) is 7.20. The lowest BCUT2D eigenvalue weighted by molar-refractivity contribution is 0.186. The number of aromatic nitrogens is 2. The average molecular weight is 520 g/mol. The van der Waals surface area contributed by atoms with E-state index in [4.69, 9.17) is 11.6 Å². The van der Waals surface area contributed by atoms with Gasteiger partial charge in [-0.3, -0.25) is 9.67 Å². The summed E-state index contributed by atoms with van der Waals surface area (Å²) in [5.41, 5.74) is 3.08. The number of rotatable bonds is 7. The van der Waals surface area contributed by atoms with Crippen molar-refractivity contribution in [3.63, 3.8) is 0 Å². The Balaban J connectivity index is 0.00000392. The predicted molar refractivity (Wildman–Crippen MR) is 127 cm³/mol. The highest BCUT2D eigenvalue weighted by atomic mass is 127. The summed E-state index contributed by atoms with van der Waals surface area (Å²) in [6.07, 6.45) is 1.38. The number of aryl methyl sites for hydroxylation is 1. The van der Waals surface area contributed by atoms with E-state index in [0.717, 1.165) is 23.8 Å². The zero-order valence-corrected chi connectivity index (χ0v) is 20.3. The highest BCUT2D eigenvalue weighted by Crippen LogP contribution is 2.19. The number of aliphatic hydroxyl groups is 1. The van der Waals surface area contributed by atoms with E-state index in [-0.39, 0.29) is 30.5 Å². The van der Waals surface area contributed by atoms with Crippen LogP contribution in [0.2, 0.25) is 5.02 Å². The number of benzene rings is 1. The number of aliphatic hydroxyl groups excluding tert-OH is 1. The summed E-state index contributed by atoms with van der Waals surface area (Å²) in [4.78, 5) is 6.67. The van der Waals surface area contributed by atoms with Crippen LogP contribution in [0.4, 0.5) is 0 Å². The number of guanidine groups is 1. The summed E-state index contributed by atoms with van der Waals surface area (Å²) >= 11 is 5.91. The molecule has 28 heavy (non-hydrogen) atoms. The maximum absolute atomic E-state index is 10.4. The molecule has 1 atom stereocenters. The van der Waals surface area contributed by atoms with Crippen LogP contribution in [0.15, 0.2) is 35.5 Å². The van der Waals surface area contributed by atoms with E-state index < -0.39 is 6.10 Å². The summed E-state index contributed by atoms with van der Waals surface area (Å²) < 4.78 is 1.85. The molecule has 0 spiro atoms. The van der Waals surface area contributed by atoms with Crippen LogP contribution in [-0.2, 0) is 13.6 Å². The van der Waals surface area contributed by atoms with Crippen LogP contribution in [0, 0.1) is 0 Å². The Morgan fingerprint density at radius 3 is 2.54 bits per heavy atom. The Bertz CT molecular complexity index is 760. The average Bonchev–Trinajstić information content (AvgIpc) is 2.99. The molecule has 0 aliphatic heterocycles. The molecule has 8 heteroatoms. The van der Waals surface area contributed by atoms with Gasteiger partial charge in [-0.15, -0.1) is 24.0 Å². The van der Waals surface area contributed by atoms with Gasteiger partial charge in [0.1, 0.15) is 0 Å². The lowest BCUT2D eigenvalue weighted by Crippen LogP contribution is -2.39. The van der Waals surface area contributed by atoms with Crippen molar-refractivity contribution >= 4 is 41.5 Å². The van der Waals surface area contributed by atoms with Crippen molar-refractivity contribution in [3.8, 4) is 0 Å². The topological polar surface area (TPSA) is 65.7 Å². The Hall–Kier alpha value is -1.32. The molecule has 2 aromatic rings. The molecule has 0 fully saturated rings. The molecule has 2 N–H and O–H groups in total. The van der Waals surface area contributed by atoms with Gasteiger partial charge < -0.3 is 15.3 Å². The third-order valence-corrected chi connectivity index (χ3v) is 4.51. The molecule has 1 aromatic carbocycles. The molecule has 2 rings (SSSR count). The van der Waals surface area contributed by atoms with Crippen molar-refractivity contribution in [2.45, 2.75) is 39.3 Å². The predicted octanol–water partition coefficient (Wildman–Crippen LogP) is 3.95. The van der Waals surface area contributed by atoms with Crippen molar-refractivity contribution < 1.29 is 5.11 Å². The van der Waals surface area contributed by atoms with E-state index >= 15 is 0 Å². The SMILES string of the molecule is CCNC(=NCC(O)c1ccc(Cl)cc1)N(C)Cc1cn(C)nc1C(C)C.I. The van der Waals surface area contributed by atoms with Gasteiger partial charge in [0.2, 0.25) is 0 Å². The van der Waals surface area contributed by atoms with Crippen LogP contribution in [-0.4, -0.2) is 45.9 Å². The first kappa shape index (κ1) is 24.7. The molecule has 0 radical (unpaired) electrons. The molecule has 156 valence electrons. The normalized spacial score (nSPS) is 12.6. The quantitative estimate of drug-likeness (QED) is 0.330. The Kier molecular flexibility index (Phi) is 10.3. The van der Waals surface area contributed by atoms with Gasteiger partial charge in [-0.25, -0.2) is 0 Å². The molecule has 6 nitrogen and oxygen atoms in total. The summed E-state index contributed by atoms with van der Waals surface area (Å²) in [6.45, 7) is 8.05. The van der Waals surface area contributed by atoms with Crippen molar-refractivity contribution in [3.05, 3.63) is 52.3 Å². The maximum Gasteiger partial charge on any atom is 0.194 e. The Morgan fingerprint density at radius 1 is 1.32 bits per heavy atom. The molecular weight excluding hydrogens is 489 g/mol. The first-order chi connectivity index (χ1) is 12.8. The van der Waals surface area contributed by atoms with Gasteiger partial charge >= 0.3 is 0 Å². The zero-order chi connectivity index (χ0) is 20.0. The first-order valence-electron chi connectivity index (χ1n) is 9.27. The maximum atomic E-state index is 10.4. The molecule has 0 bridgehead atoms. The van der Waals surface area contributed by atoms with Crippen LogP contribution < -0.4 is 5.32 Å². The highest BCUT2D eigenvalue weighted by Gasteiger charge is 2.15. The first-order valence-corrected chi connectivity index (χ1v) is 9.65. The minimum Gasteiger partial charge on any atom is -0.386 e. The molecule has 0 saturated heterocycles. The van der Waals surface area contributed by atoms with Gasteiger partial charge in [0.05, 0.1) is 18.3 Å². The molecule has 0 aliphatic carbocycles. The van der Waals surface area contributed by atoms with Crippen LogP contribution in [0.3, 0.4) is 0 Å². The van der Waals surface area contributed by atoms with E-state index in [2.05, 4.69) is 40.4 Å². The summed E-state index contributed by atoms with van der Waals surface area (Å²) in [7, 11) is 3.93. The van der Waals surface area contributed by atoms with Gasteiger partial charge in [0.15, 0.2) is 5.96 Å². The Labute approximate surface area is 190 Å². The van der Waals surface area contributed by atoms with Gasteiger partial charge in [-0.2, -0.15) is 5.10 Å². The lowest BCUT2D eigenvalue weighted by atomic mass is 10.1. The molecule has 1 heterocycles. The smallest absolute Gasteiger partial charge is 0.194 e. The fourth-order valence-electron chi connectivity index (χ4n) is 2.93. The van der Waals surface area contributed by atoms with E-state index in [0.29, 0.717) is 17.5 Å². The highest BCUT2D eigenvalue weighted by molar-refractivity contribution is 14.0. The van der Waals surface area contributed by atoms with Crippen molar-refractivity contribution in [1.82, 2.24) is 20.0 Å². The van der Waals surface area contributed by atoms with E-state index in [1.807, 2.05) is 37.8 Å². The number of nitrogens with one attached hydrogen (secondary N) is 1. The number of nitrogens with zero attached hydrogens (tertiary/aromatic N) is 4. The van der Waals surface area contributed by atoms with Crippen LogP contribution >= 0.6 is 35.6 Å². The molecule has 0 aliphatic rings. The number of halogens is 2. The zero-order valence-electron chi connectivity index (χ0n) is 17.2. The van der Waals surface area contributed by atoms with Crippen molar-refractivity contribution in [2.24, 2.45) is 12.0 Å². The largest absolute Gasteiger partial charge is 0.386 e. The molecule has 0 saturated carbocycles. The van der Waals surface area contributed by atoms with E-state index in [1.165, 1.54) is 5.56 Å². The molecular formula is C20H31ClIN5O. The Morgan fingerprint density at radius 2 is 1.96 bits per heavy atom. The minimum absolute atomic E-state index is 0. The molecule has 0 amide bonds. The fraction of sp³-hybridized carbons (Fsp3) is 0.500. The van der Waals surface area contributed by atoms with Gasteiger partial charge in [-0.05, 0) is 30.5 Å². The lowest BCUT2D eigenvalue weighted by Gasteiger charge is -2.23. The second kappa shape index (κ2) is 11.6. The van der Waals surface area contributed by atoms with Crippen LogP contribution in [0.1, 0.15) is 49.6 Å². The molecule has 1 aromatic heterocycles. The van der Waals surface area contributed by atoms with Gasteiger partial charge in [0.25, 0.3) is 0 Å². The minimum atomic E-state index is -0.672. The van der Waals surface area contributed by atoms with Crippen molar-refractivity contribution in [2.75, 3.05) is 20.1 Å². The number of aliphatic imine (C=N–C) groups is 1. The standard InChI is InChI=1S/C20H30ClN5O.HI/c1-6-22-20(23-11-18(27)15-7-9-17(21)10-8-15)25(4)12-16-13-26(5)24-19(16)14(2)3;/h7-10,13-14,18,27H,6,11-12H2,1-5H3,(H,22,23);1H. The van der Waals surface area contributed by atoms with Gasteiger partial charge in [-0.1, -0.05) is 37.6 Å². The number of hydrogen-bond acceptors (Lipinski definition) is 3. The van der Waals surface area contributed by atoms with E-state index in [9.17, 15) is 5.11 Å². The van der Waals surface area contributed by atoms with E-state index in [1.54, 1.807) is 12.1 Å². The monoisotopic (exact) mass is 519 g/mol. The third-order valence-electron chi connectivity index (χ3n) is 4.26. The van der Waals surface area contributed by atoms with Crippen LogP contribution in [0.5, 0.6) is 0 Å². The molecule has 1 unspecified atom stereocenters. The van der Waals surface area contributed by atoms with Crippen molar-refractivity contribution in [1.29, 1.82) is 0 Å². The second-order valence-corrected chi connectivity index (χ2v) is 7.42. The summed E-state index contributed by atoms with van der Waals surface area (Å²) in [5.74, 6) is 1.12. The number of hydrogen-bond donors (Lipinski definition) is 2. The fourth-order valence-corrected chi connectivity index (χ4v) is 3.05. The van der Waals surface area contributed by atoms with Crippen LogP contribution in [0.25, 0.3) is 0 Å².